The van der Waals surface area contributed by atoms with Crippen molar-refractivity contribution in [1.82, 2.24) is 0 Å². The van der Waals surface area contributed by atoms with Crippen LogP contribution in [0.3, 0.4) is 0 Å². The zero-order valence-electron chi connectivity index (χ0n) is 15.5. The lowest BCUT2D eigenvalue weighted by atomic mass is 10.0. The molecule has 0 radical (unpaired) electrons. The van der Waals surface area contributed by atoms with Crippen LogP contribution < -0.4 is 0 Å². The third-order valence-corrected chi connectivity index (χ3v) is 5.72. The Bertz CT molecular complexity index is 731. The Balaban J connectivity index is 1.86. The fourth-order valence-corrected chi connectivity index (χ4v) is 4.16. The summed E-state index contributed by atoms with van der Waals surface area (Å²) in [6, 6.07) is 6.95. The summed E-state index contributed by atoms with van der Waals surface area (Å²) in [7, 11) is -3.39. The number of hydrogen-bond donors (Lipinski definition) is 1. The van der Waals surface area contributed by atoms with Gasteiger partial charge in [0.2, 0.25) is 6.29 Å². The maximum atomic E-state index is 12.3. The lowest BCUT2D eigenvalue weighted by Gasteiger charge is -2.19. The van der Waals surface area contributed by atoms with Gasteiger partial charge in [-0.05, 0) is 37.6 Å². The first kappa shape index (κ1) is 21.4. The van der Waals surface area contributed by atoms with Crippen molar-refractivity contribution in [3.8, 4) is 5.75 Å². The number of benzene rings is 1. The normalized spacial score (nSPS) is 16.7. The molecule has 1 N–H and O–H groups in total. The van der Waals surface area contributed by atoms with E-state index in [4.69, 9.17) is 18.5 Å². The van der Waals surface area contributed by atoms with Gasteiger partial charge in [0.25, 0.3) is 0 Å². The van der Waals surface area contributed by atoms with Crippen molar-refractivity contribution in [3.05, 3.63) is 48.2 Å². The summed E-state index contributed by atoms with van der Waals surface area (Å²) in [4.78, 5) is 12.1. The summed E-state index contributed by atoms with van der Waals surface area (Å²) in [5, 5.41) is 9.94. The molecule has 1 unspecified atom stereocenters. The first-order valence-electron chi connectivity index (χ1n) is 8.81. The summed E-state index contributed by atoms with van der Waals surface area (Å²) >= 11 is 0. The van der Waals surface area contributed by atoms with E-state index >= 15 is 0 Å². The molecule has 0 aliphatic carbocycles. The van der Waals surface area contributed by atoms with E-state index in [1.165, 1.54) is 6.26 Å². The molecular weight excluding hydrogens is 371 g/mol. The van der Waals surface area contributed by atoms with Crippen LogP contribution >= 0.6 is 7.60 Å². The second-order valence-corrected chi connectivity index (χ2v) is 7.76. The highest BCUT2D eigenvalue weighted by Crippen LogP contribution is 2.47. The molecule has 8 heteroatoms. The highest BCUT2D eigenvalue weighted by molar-refractivity contribution is 7.54. The molecule has 0 aromatic heterocycles. The Kier molecular flexibility index (Phi) is 8.25. The maximum Gasteiger partial charge on any atom is 0.338 e. The Morgan fingerprint density at radius 3 is 2.59 bits per heavy atom. The number of carbonyl (C=O) groups excluding carboxylic acids is 1. The molecule has 1 aromatic rings. The van der Waals surface area contributed by atoms with E-state index in [-0.39, 0.29) is 43.9 Å². The first-order valence-corrected chi connectivity index (χ1v) is 10.5. The zero-order valence-corrected chi connectivity index (χ0v) is 16.4. The van der Waals surface area contributed by atoms with E-state index < -0.39 is 13.9 Å². The van der Waals surface area contributed by atoms with Gasteiger partial charge >= 0.3 is 7.60 Å². The average molecular weight is 396 g/mol. The minimum Gasteiger partial charge on any atom is -0.507 e. The van der Waals surface area contributed by atoms with Crippen LogP contribution in [0.15, 0.2) is 42.7 Å². The molecule has 0 saturated carbocycles. The van der Waals surface area contributed by atoms with Gasteiger partial charge in [-0.25, -0.2) is 0 Å². The quantitative estimate of drug-likeness (QED) is 0.568. The number of hydrogen-bond acceptors (Lipinski definition) is 7. The lowest BCUT2D eigenvalue weighted by molar-refractivity contribution is -0.121. The van der Waals surface area contributed by atoms with Crippen molar-refractivity contribution in [3.63, 3.8) is 0 Å². The van der Waals surface area contributed by atoms with Gasteiger partial charge in [0.15, 0.2) is 0 Å². The fourth-order valence-electron chi connectivity index (χ4n) is 2.52. The number of ketones is 1. The van der Waals surface area contributed by atoms with Gasteiger partial charge in [-0.3, -0.25) is 9.36 Å². The van der Waals surface area contributed by atoms with Crippen molar-refractivity contribution < 1.29 is 33.0 Å². The number of phenols is 1. The minimum atomic E-state index is -3.39. The van der Waals surface area contributed by atoms with Crippen molar-refractivity contribution in [2.75, 3.05) is 26.0 Å². The van der Waals surface area contributed by atoms with E-state index in [1.807, 2.05) is 6.07 Å². The summed E-state index contributed by atoms with van der Waals surface area (Å²) in [5.41, 5.74) is 1.42. The second-order valence-electron chi connectivity index (χ2n) is 5.71. The van der Waals surface area contributed by atoms with Crippen molar-refractivity contribution in [2.24, 2.45) is 0 Å². The number of rotatable bonds is 11. The first-order chi connectivity index (χ1) is 13.0. The maximum absolute atomic E-state index is 12.3. The Morgan fingerprint density at radius 2 is 1.93 bits per heavy atom. The number of para-hydroxylation sites is 1. The van der Waals surface area contributed by atoms with E-state index in [0.717, 1.165) is 5.57 Å². The molecule has 148 valence electrons. The van der Waals surface area contributed by atoms with Gasteiger partial charge < -0.3 is 23.6 Å². The standard InChI is InChI=1S/C19H25O7P/c1-3-25-27(22,26-4-2)14-16(20)10-12-24-19-13-15(9-11-23-19)17-7-5-6-8-18(17)21/h5-9,11,13,19,21H,3-4,10,12,14H2,1-2H3. The third kappa shape index (κ3) is 6.63. The van der Waals surface area contributed by atoms with Crippen molar-refractivity contribution in [2.45, 2.75) is 26.6 Å². The van der Waals surface area contributed by atoms with E-state index in [1.54, 1.807) is 44.2 Å². The number of aromatic hydroxyl groups is 1. The van der Waals surface area contributed by atoms with Crippen molar-refractivity contribution in [1.29, 1.82) is 0 Å². The third-order valence-electron chi connectivity index (χ3n) is 3.68. The number of carbonyl (C=O) groups is 1. The Morgan fingerprint density at radius 1 is 1.22 bits per heavy atom. The van der Waals surface area contributed by atoms with Crippen molar-refractivity contribution >= 4 is 19.0 Å². The number of Topliss-reactive ketones (excluding diaryl/α,β-unsaturated/α-hetero) is 1. The number of phenolic OH excluding ortho intramolecular Hbond substituents is 1. The summed E-state index contributed by atoms with van der Waals surface area (Å²) in [6.07, 6.45) is 4.02. The van der Waals surface area contributed by atoms with Gasteiger partial charge in [-0.15, -0.1) is 0 Å². The zero-order chi connectivity index (χ0) is 19.7. The van der Waals surface area contributed by atoms with Crippen LogP contribution in [0, 0.1) is 0 Å². The second kappa shape index (κ2) is 10.4. The SMILES string of the molecule is CCOP(=O)(CC(=O)CCOC1C=C(c2ccccc2O)C=CO1)OCC. The molecule has 7 nitrogen and oxygen atoms in total. The predicted octanol–water partition coefficient (Wildman–Crippen LogP) is 3.89. The monoisotopic (exact) mass is 396 g/mol. The highest BCUT2D eigenvalue weighted by atomic mass is 31.2. The van der Waals surface area contributed by atoms with Crippen LogP contribution in [0.5, 0.6) is 5.75 Å². The molecule has 0 bridgehead atoms. The fraction of sp³-hybridized carbons (Fsp3) is 0.421. The van der Waals surface area contributed by atoms with Crippen LogP contribution in [-0.2, 0) is 27.9 Å². The molecule has 1 aromatic carbocycles. The molecule has 0 saturated heterocycles. The minimum absolute atomic E-state index is 0.0630. The van der Waals surface area contributed by atoms with Crippen LogP contribution in [0.2, 0.25) is 0 Å². The van der Waals surface area contributed by atoms with E-state index in [2.05, 4.69) is 0 Å². The predicted molar refractivity (Wildman–Crippen MR) is 101 cm³/mol. The van der Waals surface area contributed by atoms with Gasteiger partial charge in [0.1, 0.15) is 17.7 Å². The summed E-state index contributed by atoms with van der Waals surface area (Å²) < 4.78 is 33.5. The van der Waals surface area contributed by atoms with E-state index in [0.29, 0.717) is 5.56 Å². The van der Waals surface area contributed by atoms with Crippen LogP contribution in [-0.4, -0.2) is 43.2 Å². The lowest BCUT2D eigenvalue weighted by Crippen LogP contribution is -2.18. The molecule has 27 heavy (non-hydrogen) atoms. The van der Waals surface area contributed by atoms with Gasteiger partial charge in [0, 0.05) is 12.0 Å². The molecule has 0 fully saturated rings. The largest absolute Gasteiger partial charge is 0.507 e. The Labute approximate surface area is 159 Å². The highest BCUT2D eigenvalue weighted by Gasteiger charge is 2.27. The van der Waals surface area contributed by atoms with Crippen LogP contribution in [0.25, 0.3) is 5.57 Å². The number of ether oxygens (including phenoxy) is 2. The molecule has 0 spiro atoms. The molecule has 1 aliphatic heterocycles. The van der Waals surface area contributed by atoms with Gasteiger partial charge in [-0.1, -0.05) is 18.2 Å². The molecule has 1 atom stereocenters. The molecule has 2 rings (SSSR count). The smallest absolute Gasteiger partial charge is 0.338 e. The van der Waals surface area contributed by atoms with Gasteiger partial charge in [0.05, 0.1) is 26.1 Å². The summed E-state index contributed by atoms with van der Waals surface area (Å²) in [5.74, 6) is -0.108. The Hall–Kier alpha value is -1.92. The topological polar surface area (TPSA) is 91.3 Å². The molecular formula is C19H25O7P. The number of allylic oxidation sites excluding steroid dienone is 2. The van der Waals surface area contributed by atoms with Gasteiger partial charge in [-0.2, -0.15) is 0 Å². The molecule has 0 amide bonds. The summed E-state index contributed by atoms with van der Waals surface area (Å²) in [6.45, 7) is 3.91. The molecule has 1 heterocycles. The average Bonchev–Trinajstić information content (AvgIpc) is 2.62. The van der Waals surface area contributed by atoms with E-state index in [9.17, 15) is 14.5 Å². The van der Waals surface area contributed by atoms with Crippen LogP contribution in [0.4, 0.5) is 0 Å². The van der Waals surface area contributed by atoms with Crippen LogP contribution in [0.1, 0.15) is 25.8 Å². The molecule has 1 aliphatic rings.